The van der Waals surface area contributed by atoms with Crippen molar-refractivity contribution >= 4 is 5.91 Å². The van der Waals surface area contributed by atoms with Crippen LogP contribution in [0.1, 0.15) is 16.9 Å². The first kappa shape index (κ1) is 15.4. The number of benzene rings is 1. The van der Waals surface area contributed by atoms with Crippen molar-refractivity contribution in [3.05, 3.63) is 42.0 Å². The van der Waals surface area contributed by atoms with Crippen LogP contribution >= 0.6 is 0 Å². The third-order valence-corrected chi connectivity index (χ3v) is 3.83. The van der Waals surface area contributed by atoms with E-state index in [1.54, 1.807) is 6.07 Å². The van der Waals surface area contributed by atoms with Gasteiger partial charge in [-0.25, -0.2) is 9.07 Å². The summed E-state index contributed by atoms with van der Waals surface area (Å²) in [6.45, 7) is -0.218. The number of aliphatic hydroxyl groups excluding tert-OH is 2. The van der Waals surface area contributed by atoms with Crippen LogP contribution in [0.3, 0.4) is 0 Å². The van der Waals surface area contributed by atoms with E-state index in [2.05, 4.69) is 5.10 Å². The standard InChI is InChI=1S/C15H16FN3O4/c16-9-2-1-3-10(4-9)19-7-13(22)14(17-19)15(23)18-6-12(21)5-11(18)8-20/h1-4,7,11-12,20-22H,5-6,8H2/t11-,12+/m0/s1. The highest BCUT2D eigenvalue weighted by atomic mass is 19.1. The zero-order valence-electron chi connectivity index (χ0n) is 12.1. The molecule has 0 aliphatic carbocycles. The fraction of sp³-hybridized carbons (Fsp3) is 0.333. The molecule has 1 aliphatic heterocycles. The largest absolute Gasteiger partial charge is 0.504 e. The van der Waals surface area contributed by atoms with E-state index < -0.39 is 23.9 Å². The zero-order valence-corrected chi connectivity index (χ0v) is 12.1. The normalized spacial score (nSPS) is 20.9. The summed E-state index contributed by atoms with van der Waals surface area (Å²) in [4.78, 5) is 13.8. The number of halogens is 1. The number of aromatic nitrogens is 2. The maximum atomic E-state index is 13.3. The summed E-state index contributed by atoms with van der Waals surface area (Å²) < 4.78 is 14.5. The van der Waals surface area contributed by atoms with Crippen LogP contribution in [0.25, 0.3) is 5.69 Å². The van der Waals surface area contributed by atoms with E-state index in [0.717, 1.165) is 0 Å². The quantitative estimate of drug-likeness (QED) is 0.754. The van der Waals surface area contributed by atoms with Crippen LogP contribution in [0.15, 0.2) is 30.5 Å². The molecule has 0 spiro atoms. The average molecular weight is 321 g/mol. The fourth-order valence-electron chi connectivity index (χ4n) is 2.72. The van der Waals surface area contributed by atoms with Gasteiger partial charge in [-0.15, -0.1) is 0 Å². The first-order valence-corrected chi connectivity index (χ1v) is 7.14. The number of aromatic hydroxyl groups is 1. The Bertz CT molecular complexity index is 733. The molecule has 7 nitrogen and oxygen atoms in total. The van der Waals surface area contributed by atoms with Crippen LogP contribution in [0.2, 0.25) is 0 Å². The summed E-state index contributed by atoms with van der Waals surface area (Å²) >= 11 is 0. The van der Waals surface area contributed by atoms with Crippen LogP contribution in [-0.2, 0) is 0 Å². The van der Waals surface area contributed by atoms with Gasteiger partial charge < -0.3 is 20.2 Å². The summed E-state index contributed by atoms with van der Waals surface area (Å²) in [5.74, 6) is -1.40. The predicted molar refractivity (Wildman–Crippen MR) is 77.7 cm³/mol. The third-order valence-electron chi connectivity index (χ3n) is 3.83. The van der Waals surface area contributed by atoms with Gasteiger partial charge >= 0.3 is 0 Å². The van der Waals surface area contributed by atoms with Gasteiger partial charge in [0.15, 0.2) is 11.4 Å². The Labute approximate surface area is 131 Å². The number of carbonyl (C=O) groups excluding carboxylic acids is 1. The van der Waals surface area contributed by atoms with E-state index in [4.69, 9.17) is 0 Å². The first-order chi connectivity index (χ1) is 11.0. The van der Waals surface area contributed by atoms with Crippen molar-refractivity contribution in [1.29, 1.82) is 0 Å². The lowest BCUT2D eigenvalue weighted by atomic mass is 10.2. The molecule has 23 heavy (non-hydrogen) atoms. The smallest absolute Gasteiger partial charge is 0.278 e. The van der Waals surface area contributed by atoms with E-state index in [1.807, 2.05) is 0 Å². The second-order valence-corrected chi connectivity index (χ2v) is 5.47. The maximum absolute atomic E-state index is 13.3. The number of rotatable bonds is 3. The van der Waals surface area contributed by atoms with Crippen molar-refractivity contribution < 1.29 is 24.5 Å². The van der Waals surface area contributed by atoms with E-state index in [-0.39, 0.29) is 31.0 Å². The highest BCUT2D eigenvalue weighted by molar-refractivity contribution is 5.95. The Morgan fingerprint density at radius 3 is 2.91 bits per heavy atom. The van der Waals surface area contributed by atoms with Gasteiger partial charge in [-0.1, -0.05) is 6.07 Å². The Morgan fingerprint density at radius 2 is 2.22 bits per heavy atom. The lowest BCUT2D eigenvalue weighted by molar-refractivity contribution is 0.0655. The summed E-state index contributed by atoms with van der Waals surface area (Å²) in [6.07, 6.45) is 0.763. The van der Waals surface area contributed by atoms with Crippen molar-refractivity contribution in [2.75, 3.05) is 13.2 Å². The number of aliphatic hydroxyl groups is 2. The zero-order chi connectivity index (χ0) is 16.6. The van der Waals surface area contributed by atoms with E-state index >= 15 is 0 Å². The molecule has 3 rings (SSSR count). The monoisotopic (exact) mass is 321 g/mol. The van der Waals surface area contributed by atoms with E-state index in [9.17, 15) is 24.5 Å². The number of amides is 1. The average Bonchev–Trinajstić information content (AvgIpc) is 3.09. The minimum atomic E-state index is -0.719. The van der Waals surface area contributed by atoms with Crippen molar-refractivity contribution in [3.8, 4) is 11.4 Å². The molecule has 1 aromatic carbocycles. The molecule has 3 N–H and O–H groups in total. The topological polar surface area (TPSA) is 98.8 Å². The van der Waals surface area contributed by atoms with Crippen LogP contribution in [0.5, 0.6) is 5.75 Å². The summed E-state index contributed by atoms with van der Waals surface area (Å²) in [6, 6.07) is 5.05. The molecule has 1 fully saturated rings. The molecule has 122 valence electrons. The minimum absolute atomic E-state index is 0.0658. The molecular weight excluding hydrogens is 305 g/mol. The highest BCUT2D eigenvalue weighted by Crippen LogP contribution is 2.25. The summed E-state index contributed by atoms with van der Waals surface area (Å²) in [5, 5.41) is 32.9. The maximum Gasteiger partial charge on any atom is 0.278 e. The minimum Gasteiger partial charge on any atom is -0.504 e. The van der Waals surface area contributed by atoms with Gasteiger partial charge in [-0.3, -0.25) is 4.79 Å². The molecule has 8 heteroatoms. The van der Waals surface area contributed by atoms with Crippen molar-refractivity contribution in [3.63, 3.8) is 0 Å². The van der Waals surface area contributed by atoms with Gasteiger partial charge in [0.05, 0.1) is 30.6 Å². The Balaban J connectivity index is 1.90. The fourth-order valence-corrected chi connectivity index (χ4v) is 2.72. The summed E-state index contributed by atoms with van der Waals surface area (Å²) in [7, 11) is 0. The third kappa shape index (κ3) is 2.90. The van der Waals surface area contributed by atoms with Gasteiger partial charge in [0.1, 0.15) is 5.82 Å². The molecule has 0 unspecified atom stereocenters. The van der Waals surface area contributed by atoms with E-state index in [0.29, 0.717) is 5.69 Å². The number of likely N-dealkylation sites (tertiary alicyclic amines) is 1. The van der Waals surface area contributed by atoms with Crippen molar-refractivity contribution in [2.45, 2.75) is 18.6 Å². The molecule has 2 atom stereocenters. The lowest BCUT2D eigenvalue weighted by Crippen LogP contribution is -2.38. The molecule has 0 radical (unpaired) electrons. The number of hydrogen-bond acceptors (Lipinski definition) is 5. The van der Waals surface area contributed by atoms with Gasteiger partial charge in [0.25, 0.3) is 5.91 Å². The van der Waals surface area contributed by atoms with Crippen molar-refractivity contribution in [1.82, 2.24) is 14.7 Å². The van der Waals surface area contributed by atoms with Gasteiger partial charge in [-0.05, 0) is 24.6 Å². The Hall–Kier alpha value is -2.45. The van der Waals surface area contributed by atoms with Crippen LogP contribution in [0.4, 0.5) is 4.39 Å². The number of nitrogens with zero attached hydrogens (tertiary/aromatic N) is 3. The molecule has 1 aliphatic rings. The lowest BCUT2D eigenvalue weighted by Gasteiger charge is -2.21. The summed E-state index contributed by atoms with van der Waals surface area (Å²) in [5.41, 5.74) is 0.154. The van der Waals surface area contributed by atoms with Crippen LogP contribution in [-0.4, -0.2) is 61.2 Å². The molecule has 0 bridgehead atoms. The van der Waals surface area contributed by atoms with E-state index in [1.165, 1.54) is 34.0 Å². The molecule has 1 aromatic heterocycles. The number of carbonyl (C=O) groups is 1. The number of β-amino-alcohol motifs (C(OH)–C–C–N with tert-alkyl or cyclic N) is 1. The second kappa shape index (κ2) is 5.98. The second-order valence-electron chi connectivity index (χ2n) is 5.47. The van der Waals surface area contributed by atoms with Crippen LogP contribution in [0, 0.1) is 5.82 Å². The van der Waals surface area contributed by atoms with Gasteiger partial charge in [0.2, 0.25) is 0 Å². The highest BCUT2D eigenvalue weighted by Gasteiger charge is 2.36. The molecule has 1 amide bonds. The van der Waals surface area contributed by atoms with Crippen molar-refractivity contribution in [2.24, 2.45) is 0 Å². The Morgan fingerprint density at radius 1 is 1.43 bits per heavy atom. The van der Waals surface area contributed by atoms with Gasteiger partial charge in [-0.2, -0.15) is 5.10 Å². The number of hydrogen-bond donors (Lipinski definition) is 3. The van der Waals surface area contributed by atoms with Crippen LogP contribution < -0.4 is 0 Å². The van der Waals surface area contributed by atoms with Gasteiger partial charge in [0, 0.05) is 6.54 Å². The SMILES string of the molecule is O=C(c1nn(-c2cccc(F)c2)cc1O)N1C[C@H](O)C[C@H]1CO. The molecular formula is C15H16FN3O4. The molecule has 1 saturated heterocycles. The molecule has 2 heterocycles. The first-order valence-electron chi connectivity index (χ1n) is 7.14. The Kier molecular flexibility index (Phi) is 4.01. The molecule has 2 aromatic rings. The predicted octanol–water partition coefficient (Wildman–Crippen LogP) is 0.285. The molecule has 0 saturated carbocycles.